The smallest absolute Gasteiger partial charge is 0.315 e. The van der Waals surface area contributed by atoms with Crippen molar-refractivity contribution in [2.24, 2.45) is 5.92 Å². The van der Waals surface area contributed by atoms with Gasteiger partial charge < -0.3 is 15.7 Å². The van der Waals surface area contributed by atoms with E-state index in [4.69, 9.17) is 5.11 Å². The molecule has 0 radical (unpaired) electrons. The van der Waals surface area contributed by atoms with Crippen molar-refractivity contribution in [1.82, 2.24) is 15.6 Å². The van der Waals surface area contributed by atoms with Crippen molar-refractivity contribution in [2.75, 3.05) is 0 Å². The second-order valence-electron chi connectivity index (χ2n) is 5.52. The summed E-state index contributed by atoms with van der Waals surface area (Å²) in [6, 6.07) is 1.75. The molecule has 1 aromatic heterocycles. The first-order chi connectivity index (χ1) is 10.1. The normalized spacial score (nSPS) is 21.6. The van der Waals surface area contributed by atoms with Crippen molar-refractivity contribution in [3.05, 3.63) is 29.6 Å². The van der Waals surface area contributed by atoms with E-state index in [0.29, 0.717) is 19.4 Å². The molecule has 0 spiro atoms. The molecular weight excluding hydrogens is 270 g/mol. The fraction of sp³-hybridized carbons (Fsp3) is 0.533. The number of pyridine rings is 1. The quantitative estimate of drug-likeness (QED) is 0.789. The number of carbonyl (C=O) groups is 2. The summed E-state index contributed by atoms with van der Waals surface area (Å²) in [7, 11) is 0. The lowest BCUT2D eigenvalue weighted by Gasteiger charge is -2.26. The summed E-state index contributed by atoms with van der Waals surface area (Å²) in [5.74, 6) is -0.989. The second-order valence-corrected chi connectivity index (χ2v) is 5.52. The van der Waals surface area contributed by atoms with E-state index in [1.165, 1.54) is 0 Å². The molecule has 0 unspecified atom stereocenters. The lowest BCUT2D eigenvalue weighted by Crippen LogP contribution is -2.43. The molecule has 1 heterocycles. The number of carboxylic acids is 1. The molecule has 0 aromatic carbocycles. The number of amides is 2. The number of aromatic nitrogens is 1. The molecule has 2 amide bonds. The van der Waals surface area contributed by atoms with E-state index in [1.54, 1.807) is 12.4 Å². The summed E-state index contributed by atoms with van der Waals surface area (Å²) in [6.45, 7) is 2.42. The molecule has 1 aromatic rings. The number of nitrogens with zero attached hydrogens (tertiary/aromatic N) is 1. The Hall–Kier alpha value is -2.11. The Morgan fingerprint density at radius 2 is 2.05 bits per heavy atom. The number of carboxylic acid groups (broad SMARTS) is 1. The summed E-state index contributed by atoms with van der Waals surface area (Å²) in [6.07, 6.45) is 6.17. The maximum Gasteiger partial charge on any atom is 0.315 e. The molecule has 21 heavy (non-hydrogen) atoms. The molecule has 0 atom stereocenters. The summed E-state index contributed by atoms with van der Waals surface area (Å²) in [5, 5.41) is 14.7. The van der Waals surface area contributed by atoms with Gasteiger partial charge in [0.15, 0.2) is 0 Å². The molecule has 0 saturated heterocycles. The fourth-order valence-electron chi connectivity index (χ4n) is 2.60. The standard InChI is InChI=1S/C15H21N3O3/c1-10-8-16-7-6-12(10)9-17-15(21)18-13-4-2-11(3-5-13)14(19)20/h6-8,11,13H,2-5,9H2,1H3,(H,19,20)(H2,17,18,21). The highest BCUT2D eigenvalue weighted by atomic mass is 16.4. The van der Waals surface area contributed by atoms with E-state index < -0.39 is 5.97 Å². The Morgan fingerprint density at radius 1 is 1.33 bits per heavy atom. The number of carbonyl (C=O) groups excluding carboxylic acids is 1. The van der Waals surface area contributed by atoms with Gasteiger partial charge in [0, 0.05) is 25.0 Å². The predicted molar refractivity (Wildman–Crippen MR) is 77.7 cm³/mol. The Labute approximate surface area is 124 Å². The molecule has 3 N–H and O–H groups in total. The zero-order valence-electron chi connectivity index (χ0n) is 12.1. The molecule has 0 bridgehead atoms. The van der Waals surface area contributed by atoms with Crippen LogP contribution in [-0.4, -0.2) is 28.1 Å². The molecule has 6 nitrogen and oxygen atoms in total. The van der Waals surface area contributed by atoms with Crippen molar-refractivity contribution in [1.29, 1.82) is 0 Å². The minimum atomic E-state index is -0.730. The molecular formula is C15H21N3O3. The topological polar surface area (TPSA) is 91.3 Å². The minimum Gasteiger partial charge on any atom is -0.481 e. The third-order valence-electron chi connectivity index (χ3n) is 3.99. The maximum absolute atomic E-state index is 11.9. The third kappa shape index (κ3) is 4.44. The van der Waals surface area contributed by atoms with Gasteiger partial charge in [-0.05, 0) is 49.8 Å². The van der Waals surface area contributed by atoms with Crippen molar-refractivity contribution >= 4 is 12.0 Å². The minimum absolute atomic E-state index is 0.0686. The average Bonchev–Trinajstić information content (AvgIpc) is 2.47. The molecule has 2 rings (SSSR count). The van der Waals surface area contributed by atoms with E-state index in [1.807, 2.05) is 13.0 Å². The van der Waals surface area contributed by atoms with E-state index in [9.17, 15) is 9.59 Å². The maximum atomic E-state index is 11.9. The lowest BCUT2D eigenvalue weighted by atomic mass is 9.86. The summed E-state index contributed by atoms with van der Waals surface area (Å²) in [5.41, 5.74) is 2.08. The first kappa shape index (κ1) is 15.3. The molecule has 1 saturated carbocycles. The number of hydrogen-bond donors (Lipinski definition) is 3. The third-order valence-corrected chi connectivity index (χ3v) is 3.99. The van der Waals surface area contributed by atoms with Crippen LogP contribution in [-0.2, 0) is 11.3 Å². The number of aryl methyl sites for hydroxylation is 1. The van der Waals surface area contributed by atoms with Crippen LogP contribution in [0.25, 0.3) is 0 Å². The van der Waals surface area contributed by atoms with Crippen molar-refractivity contribution in [3.63, 3.8) is 0 Å². The first-order valence-corrected chi connectivity index (χ1v) is 7.23. The van der Waals surface area contributed by atoms with Crippen molar-refractivity contribution in [2.45, 2.75) is 45.2 Å². The molecule has 1 aliphatic carbocycles. The molecule has 6 heteroatoms. The molecule has 1 fully saturated rings. The Balaban J connectivity index is 1.73. The number of nitrogens with one attached hydrogen (secondary N) is 2. The van der Waals surface area contributed by atoms with Crippen molar-refractivity contribution < 1.29 is 14.7 Å². The molecule has 114 valence electrons. The summed E-state index contributed by atoms with van der Waals surface area (Å²) < 4.78 is 0. The van der Waals surface area contributed by atoms with Crippen LogP contribution in [0, 0.1) is 12.8 Å². The lowest BCUT2D eigenvalue weighted by molar-refractivity contribution is -0.142. The van der Waals surface area contributed by atoms with Gasteiger partial charge in [0.25, 0.3) is 0 Å². The highest BCUT2D eigenvalue weighted by Gasteiger charge is 2.26. The van der Waals surface area contributed by atoms with Crippen LogP contribution in [0.5, 0.6) is 0 Å². The van der Waals surface area contributed by atoms with E-state index in [0.717, 1.165) is 24.0 Å². The monoisotopic (exact) mass is 291 g/mol. The van der Waals surface area contributed by atoms with E-state index >= 15 is 0 Å². The van der Waals surface area contributed by atoms with Gasteiger partial charge in [0.1, 0.15) is 0 Å². The average molecular weight is 291 g/mol. The van der Waals surface area contributed by atoms with Crippen LogP contribution >= 0.6 is 0 Å². The fourth-order valence-corrected chi connectivity index (χ4v) is 2.60. The molecule has 1 aliphatic rings. The number of hydrogen-bond acceptors (Lipinski definition) is 3. The Bertz CT molecular complexity index is 511. The van der Waals surface area contributed by atoms with E-state index in [-0.39, 0.29) is 18.0 Å². The summed E-state index contributed by atoms with van der Waals surface area (Å²) in [4.78, 5) is 26.7. The number of aliphatic carboxylic acids is 1. The number of rotatable bonds is 4. The van der Waals surface area contributed by atoms with Gasteiger partial charge in [-0.15, -0.1) is 0 Å². The Morgan fingerprint density at radius 3 is 2.67 bits per heavy atom. The first-order valence-electron chi connectivity index (χ1n) is 7.23. The zero-order valence-corrected chi connectivity index (χ0v) is 12.1. The van der Waals surface area contributed by atoms with Gasteiger partial charge in [0.05, 0.1) is 5.92 Å². The summed E-state index contributed by atoms with van der Waals surface area (Å²) >= 11 is 0. The predicted octanol–water partition coefficient (Wildman–Crippen LogP) is 1.83. The van der Waals surface area contributed by atoms with Gasteiger partial charge >= 0.3 is 12.0 Å². The van der Waals surface area contributed by atoms with Gasteiger partial charge in [-0.3, -0.25) is 9.78 Å². The van der Waals surface area contributed by atoms with Crippen LogP contribution in [0.1, 0.15) is 36.8 Å². The van der Waals surface area contributed by atoms with Crippen LogP contribution in [0.15, 0.2) is 18.5 Å². The Kier molecular flexibility index (Phi) is 5.14. The van der Waals surface area contributed by atoms with Gasteiger partial charge in [0.2, 0.25) is 0 Å². The van der Waals surface area contributed by atoms with Crippen LogP contribution in [0.4, 0.5) is 4.79 Å². The van der Waals surface area contributed by atoms with Crippen LogP contribution < -0.4 is 10.6 Å². The largest absolute Gasteiger partial charge is 0.481 e. The van der Waals surface area contributed by atoms with Gasteiger partial charge in [-0.25, -0.2) is 4.79 Å². The van der Waals surface area contributed by atoms with Gasteiger partial charge in [-0.1, -0.05) is 0 Å². The number of urea groups is 1. The zero-order chi connectivity index (χ0) is 15.2. The van der Waals surface area contributed by atoms with Crippen LogP contribution in [0.3, 0.4) is 0 Å². The molecule has 0 aliphatic heterocycles. The second kappa shape index (κ2) is 7.06. The SMILES string of the molecule is Cc1cnccc1CNC(=O)NC1CCC(C(=O)O)CC1. The van der Waals surface area contributed by atoms with Crippen molar-refractivity contribution in [3.8, 4) is 0 Å². The van der Waals surface area contributed by atoms with Crippen LogP contribution in [0.2, 0.25) is 0 Å². The van der Waals surface area contributed by atoms with Gasteiger partial charge in [-0.2, -0.15) is 0 Å². The van der Waals surface area contributed by atoms with E-state index in [2.05, 4.69) is 15.6 Å². The highest BCUT2D eigenvalue weighted by Crippen LogP contribution is 2.24. The highest BCUT2D eigenvalue weighted by molar-refractivity contribution is 5.74.